The maximum atomic E-state index is 13.2. The van der Waals surface area contributed by atoms with E-state index in [0.717, 1.165) is 37.3 Å². The molecule has 164 valence electrons. The second-order valence-corrected chi connectivity index (χ2v) is 7.87. The number of hydrogen-bond donors (Lipinski definition) is 0. The number of halogens is 3. The minimum atomic E-state index is -4.40. The molecular formula is C24H26F3N3O. The molecule has 0 N–H and O–H groups in total. The molecule has 31 heavy (non-hydrogen) atoms. The van der Waals surface area contributed by atoms with Crippen LogP contribution in [0, 0.1) is 0 Å². The number of aromatic nitrogens is 2. The van der Waals surface area contributed by atoms with Crippen molar-refractivity contribution in [2.24, 2.45) is 0 Å². The van der Waals surface area contributed by atoms with E-state index in [0.29, 0.717) is 30.2 Å². The zero-order chi connectivity index (χ0) is 21.7. The first-order chi connectivity index (χ1) is 15.0. The Kier molecular flexibility index (Phi) is 6.61. The Morgan fingerprint density at radius 1 is 0.903 bits per heavy atom. The monoisotopic (exact) mass is 429 g/mol. The molecule has 2 aromatic carbocycles. The van der Waals surface area contributed by atoms with Crippen molar-refractivity contribution < 1.29 is 17.9 Å². The summed E-state index contributed by atoms with van der Waals surface area (Å²) in [6, 6.07) is 15.0. The van der Waals surface area contributed by atoms with Gasteiger partial charge in [0.05, 0.1) is 17.7 Å². The molecule has 0 atom stereocenters. The van der Waals surface area contributed by atoms with Gasteiger partial charge in [-0.2, -0.15) is 13.2 Å². The zero-order valence-corrected chi connectivity index (χ0v) is 17.3. The standard InChI is InChI=1S/C24H26F3N3O/c25-24(26,27)21-11-7-10-20(16-21)22-17-30(15-14-29-12-5-2-6-13-29)28-23(22)31-18-19-8-3-1-4-9-19/h1,3-4,7-11,16-17H,2,5-6,12-15,18H2. The first-order valence-electron chi connectivity index (χ1n) is 10.6. The van der Waals surface area contributed by atoms with Crippen molar-refractivity contribution >= 4 is 0 Å². The lowest BCUT2D eigenvalue weighted by Gasteiger charge is -2.26. The van der Waals surface area contributed by atoms with Gasteiger partial charge in [-0.15, -0.1) is 5.10 Å². The predicted octanol–water partition coefficient (Wildman–Crippen LogP) is 5.63. The second-order valence-electron chi connectivity index (χ2n) is 7.87. The summed E-state index contributed by atoms with van der Waals surface area (Å²) in [6.45, 7) is 4.00. The Morgan fingerprint density at radius 2 is 1.68 bits per heavy atom. The first-order valence-corrected chi connectivity index (χ1v) is 10.6. The van der Waals surface area contributed by atoms with Crippen LogP contribution in [0.3, 0.4) is 0 Å². The molecule has 1 fully saturated rings. The number of nitrogens with zero attached hydrogens (tertiary/aromatic N) is 3. The van der Waals surface area contributed by atoms with Crippen LogP contribution in [0.25, 0.3) is 11.1 Å². The number of rotatable bonds is 7. The largest absolute Gasteiger partial charge is 0.471 e. The number of hydrogen-bond acceptors (Lipinski definition) is 3. The van der Waals surface area contributed by atoms with Gasteiger partial charge in [-0.25, -0.2) is 0 Å². The SMILES string of the molecule is FC(F)(F)c1cccc(-c2cn(CCN3CCCCC3)nc2OCc2ccccc2)c1. The molecule has 0 aliphatic carbocycles. The predicted molar refractivity (Wildman–Crippen MR) is 114 cm³/mol. The van der Waals surface area contributed by atoms with Gasteiger partial charge in [0.1, 0.15) is 6.61 Å². The van der Waals surface area contributed by atoms with Gasteiger partial charge in [-0.05, 0) is 49.2 Å². The van der Waals surface area contributed by atoms with Crippen molar-refractivity contribution in [1.82, 2.24) is 14.7 Å². The van der Waals surface area contributed by atoms with Gasteiger partial charge >= 0.3 is 6.18 Å². The Labute approximate surface area is 180 Å². The maximum absolute atomic E-state index is 13.2. The Balaban J connectivity index is 1.57. The van der Waals surface area contributed by atoms with E-state index in [2.05, 4.69) is 10.00 Å². The molecule has 0 radical (unpaired) electrons. The fourth-order valence-electron chi connectivity index (χ4n) is 3.84. The third-order valence-electron chi connectivity index (χ3n) is 5.54. The number of alkyl halides is 3. The minimum absolute atomic E-state index is 0.302. The molecule has 4 nitrogen and oxygen atoms in total. The van der Waals surface area contributed by atoms with Crippen LogP contribution in [0.5, 0.6) is 5.88 Å². The highest BCUT2D eigenvalue weighted by Gasteiger charge is 2.31. The van der Waals surface area contributed by atoms with E-state index in [-0.39, 0.29) is 0 Å². The highest BCUT2D eigenvalue weighted by atomic mass is 19.4. The highest BCUT2D eigenvalue weighted by molar-refractivity contribution is 5.68. The third kappa shape index (κ3) is 5.67. The van der Waals surface area contributed by atoms with Gasteiger partial charge in [0.2, 0.25) is 5.88 Å². The highest BCUT2D eigenvalue weighted by Crippen LogP contribution is 2.35. The van der Waals surface area contributed by atoms with E-state index < -0.39 is 11.7 Å². The first kappa shape index (κ1) is 21.4. The van der Waals surface area contributed by atoms with Crippen LogP contribution in [-0.2, 0) is 19.3 Å². The lowest BCUT2D eigenvalue weighted by atomic mass is 10.1. The smallest absolute Gasteiger partial charge is 0.416 e. The molecule has 1 saturated heterocycles. The van der Waals surface area contributed by atoms with Crippen molar-refractivity contribution in [3.05, 3.63) is 71.9 Å². The number of piperidine rings is 1. The van der Waals surface area contributed by atoms with Crippen LogP contribution in [0.1, 0.15) is 30.4 Å². The summed E-state index contributed by atoms with van der Waals surface area (Å²) in [6.07, 6.45) is 1.08. The van der Waals surface area contributed by atoms with Gasteiger partial charge in [-0.3, -0.25) is 4.68 Å². The zero-order valence-electron chi connectivity index (χ0n) is 17.3. The number of benzene rings is 2. The lowest BCUT2D eigenvalue weighted by Crippen LogP contribution is -2.32. The summed E-state index contributed by atoms with van der Waals surface area (Å²) < 4.78 is 47.4. The number of likely N-dealkylation sites (tertiary alicyclic amines) is 1. The van der Waals surface area contributed by atoms with Gasteiger partial charge in [0, 0.05) is 12.7 Å². The molecule has 1 aliphatic rings. The molecule has 0 spiro atoms. The molecule has 1 aliphatic heterocycles. The molecule has 2 heterocycles. The molecule has 7 heteroatoms. The molecule has 4 rings (SSSR count). The molecule has 0 saturated carbocycles. The summed E-state index contributed by atoms with van der Waals surface area (Å²) in [5.74, 6) is 0.349. The molecule has 1 aromatic heterocycles. The second kappa shape index (κ2) is 9.56. The van der Waals surface area contributed by atoms with Crippen LogP contribution >= 0.6 is 0 Å². The van der Waals surface area contributed by atoms with E-state index in [4.69, 9.17) is 4.74 Å². The van der Waals surface area contributed by atoms with Crippen LogP contribution in [0.4, 0.5) is 13.2 Å². The maximum Gasteiger partial charge on any atom is 0.416 e. The molecule has 0 bridgehead atoms. The lowest BCUT2D eigenvalue weighted by molar-refractivity contribution is -0.137. The summed E-state index contributed by atoms with van der Waals surface area (Å²) in [7, 11) is 0. The van der Waals surface area contributed by atoms with E-state index in [1.165, 1.54) is 25.3 Å². The Morgan fingerprint density at radius 3 is 2.42 bits per heavy atom. The Hall–Kier alpha value is -2.80. The van der Waals surface area contributed by atoms with Gasteiger partial charge < -0.3 is 9.64 Å². The van der Waals surface area contributed by atoms with Crippen LogP contribution in [0.15, 0.2) is 60.8 Å². The Bertz CT molecular complexity index is 979. The van der Waals surface area contributed by atoms with Crippen molar-refractivity contribution in [2.45, 2.75) is 38.6 Å². The summed E-state index contributed by atoms with van der Waals surface area (Å²) in [5.41, 5.74) is 1.31. The van der Waals surface area contributed by atoms with Crippen LogP contribution in [-0.4, -0.2) is 34.3 Å². The normalized spacial score (nSPS) is 15.2. The summed E-state index contributed by atoms with van der Waals surface area (Å²) >= 11 is 0. The van der Waals surface area contributed by atoms with Crippen molar-refractivity contribution in [1.29, 1.82) is 0 Å². The molecular weight excluding hydrogens is 403 g/mol. The molecule has 0 unspecified atom stereocenters. The van der Waals surface area contributed by atoms with E-state index >= 15 is 0 Å². The summed E-state index contributed by atoms with van der Waals surface area (Å²) in [4.78, 5) is 2.40. The van der Waals surface area contributed by atoms with E-state index in [9.17, 15) is 13.2 Å². The molecule has 0 amide bonds. The average molecular weight is 429 g/mol. The molecule has 3 aromatic rings. The van der Waals surface area contributed by atoms with Crippen molar-refractivity contribution in [3.8, 4) is 17.0 Å². The number of ether oxygens (including phenoxy) is 1. The van der Waals surface area contributed by atoms with Gasteiger partial charge in [-0.1, -0.05) is 48.9 Å². The van der Waals surface area contributed by atoms with Gasteiger partial charge in [0.25, 0.3) is 0 Å². The fraction of sp³-hybridized carbons (Fsp3) is 0.375. The van der Waals surface area contributed by atoms with Crippen LogP contribution < -0.4 is 4.74 Å². The quantitative estimate of drug-likeness (QED) is 0.487. The van der Waals surface area contributed by atoms with Crippen LogP contribution in [0.2, 0.25) is 0 Å². The average Bonchev–Trinajstić information content (AvgIpc) is 3.20. The minimum Gasteiger partial charge on any atom is -0.471 e. The van der Waals surface area contributed by atoms with Crippen molar-refractivity contribution in [2.75, 3.05) is 19.6 Å². The topological polar surface area (TPSA) is 30.3 Å². The summed E-state index contributed by atoms with van der Waals surface area (Å²) in [5, 5.41) is 4.56. The van der Waals surface area contributed by atoms with Crippen molar-refractivity contribution in [3.63, 3.8) is 0 Å². The van der Waals surface area contributed by atoms with E-state index in [1.807, 2.05) is 30.3 Å². The fourth-order valence-corrected chi connectivity index (χ4v) is 3.84. The third-order valence-corrected chi connectivity index (χ3v) is 5.54. The van der Waals surface area contributed by atoms with Gasteiger partial charge in [0.15, 0.2) is 0 Å². The van der Waals surface area contributed by atoms with E-state index in [1.54, 1.807) is 16.9 Å².